The largest absolute Gasteiger partial charge is 0.481 e. The SMILES string of the molecule is CCn1nccc1-c1nc(-c2ccc(CC(=O)O)s2)cs1. The van der Waals surface area contributed by atoms with Crippen LogP contribution in [0.3, 0.4) is 0 Å². The van der Waals surface area contributed by atoms with Crippen molar-refractivity contribution in [3.05, 3.63) is 34.7 Å². The van der Waals surface area contributed by atoms with Crippen LogP contribution in [0.4, 0.5) is 0 Å². The van der Waals surface area contributed by atoms with Gasteiger partial charge in [0.2, 0.25) is 0 Å². The Kier molecular flexibility index (Phi) is 3.85. The first-order valence-corrected chi connectivity index (χ1v) is 8.15. The summed E-state index contributed by atoms with van der Waals surface area (Å²) in [6.07, 6.45) is 1.83. The van der Waals surface area contributed by atoms with E-state index in [1.807, 2.05) is 35.2 Å². The molecule has 0 aliphatic heterocycles. The van der Waals surface area contributed by atoms with Crippen LogP contribution >= 0.6 is 22.7 Å². The molecule has 0 aliphatic rings. The highest BCUT2D eigenvalue weighted by Crippen LogP contribution is 2.32. The van der Waals surface area contributed by atoms with Crippen molar-refractivity contribution < 1.29 is 9.90 Å². The van der Waals surface area contributed by atoms with E-state index in [-0.39, 0.29) is 6.42 Å². The lowest BCUT2D eigenvalue weighted by molar-refractivity contribution is -0.136. The van der Waals surface area contributed by atoms with Crippen molar-refractivity contribution in [1.29, 1.82) is 0 Å². The molecule has 0 aliphatic carbocycles. The molecule has 3 aromatic rings. The first-order valence-electron chi connectivity index (χ1n) is 6.46. The van der Waals surface area contributed by atoms with Crippen molar-refractivity contribution in [2.75, 3.05) is 0 Å². The van der Waals surface area contributed by atoms with Crippen LogP contribution in [-0.2, 0) is 17.8 Å². The van der Waals surface area contributed by atoms with Crippen molar-refractivity contribution in [2.24, 2.45) is 0 Å². The highest BCUT2D eigenvalue weighted by molar-refractivity contribution is 7.16. The maximum absolute atomic E-state index is 10.7. The normalized spacial score (nSPS) is 10.9. The zero-order chi connectivity index (χ0) is 14.8. The number of aryl methyl sites for hydroxylation is 1. The van der Waals surface area contributed by atoms with Crippen LogP contribution in [0.2, 0.25) is 0 Å². The smallest absolute Gasteiger partial charge is 0.308 e. The Morgan fingerprint density at radius 1 is 1.38 bits per heavy atom. The molecule has 3 heterocycles. The summed E-state index contributed by atoms with van der Waals surface area (Å²) in [7, 11) is 0. The molecule has 0 aromatic carbocycles. The topological polar surface area (TPSA) is 68.0 Å². The minimum Gasteiger partial charge on any atom is -0.481 e. The average molecular weight is 319 g/mol. The van der Waals surface area contributed by atoms with E-state index in [1.165, 1.54) is 11.3 Å². The molecule has 108 valence electrons. The van der Waals surface area contributed by atoms with E-state index >= 15 is 0 Å². The van der Waals surface area contributed by atoms with Crippen LogP contribution in [0.5, 0.6) is 0 Å². The molecule has 0 atom stereocenters. The van der Waals surface area contributed by atoms with Gasteiger partial charge in [0.25, 0.3) is 0 Å². The number of thiophene rings is 1. The second-order valence-corrected chi connectivity index (χ2v) is 6.43. The molecule has 0 spiro atoms. The lowest BCUT2D eigenvalue weighted by atomic mass is 10.3. The van der Waals surface area contributed by atoms with Crippen LogP contribution in [0.1, 0.15) is 11.8 Å². The number of rotatable bonds is 5. The second-order valence-electron chi connectivity index (χ2n) is 4.41. The molecular formula is C14H13N3O2S2. The minimum absolute atomic E-state index is 0.0598. The maximum atomic E-state index is 10.7. The minimum atomic E-state index is -0.811. The Hall–Kier alpha value is -1.99. The molecule has 5 nitrogen and oxygen atoms in total. The molecule has 3 rings (SSSR count). The summed E-state index contributed by atoms with van der Waals surface area (Å²) in [5, 5.41) is 16.0. The number of hydrogen-bond donors (Lipinski definition) is 1. The van der Waals surface area contributed by atoms with E-state index < -0.39 is 5.97 Å². The zero-order valence-electron chi connectivity index (χ0n) is 11.3. The molecule has 0 saturated heterocycles. The van der Waals surface area contributed by atoms with Gasteiger partial charge in [-0.2, -0.15) is 5.10 Å². The van der Waals surface area contributed by atoms with Crippen LogP contribution < -0.4 is 0 Å². The Balaban J connectivity index is 1.88. The number of hydrogen-bond acceptors (Lipinski definition) is 5. The lowest BCUT2D eigenvalue weighted by Gasteiger charge is -1.99. The van der Waals surface area contributed by atoms with Gasteiger partial charge in [-0.05, 0) is 25.1 Å². The van der Waals surface area contributed by atoms with Gasteiger partial charge in [-0.25, -0.2) is 4.98 Å². The van der Waals surface area contributed by atoms with Crippen LogP contribution in [0.15, 0.2) is 29.8 Å². The first-order chi connectivity index (χ1) is 10.2. The Labute approximate surface area is 129 Å². The summed E-state index contributed by atoms with van der Waals surface area (Å²) in [6.45, 7) is 2.85. The van der Waals surface area contributed by atoms with E-state index in [9.17, 15) is 4.79 Å². The van der Waals surface area contributed by atoms with Crippen LogP contribution in [0, 0.1) is 0 Å². The molecule has 0 fully saturated rings. The number of aromatic nitrogens is 3. The van der Waals surface area contributed by atoms with Crippen molar-refractivity contribution >= 4 is 28.6 Å². The molecule has 0 saturated carbocycles. The number of carboxylic acids is 1. The van der Waals surface area contributed by atoms with Gasteiger partial charge in [-0.1, -0.05) is 0 Å². The Bertz CT molecular complexity index is 773. The van der Waals surface area contributed by atoms with E-state index in [0.29, 0.717) is 0 Å². The molecule has 0 bridgehead atoms. The number of carboxylic acid groups (broad SMARTS) is 1. The quantitative estimate of drug-likeness (QED) is 0.783. The predicted molar refractivity (Wildman–Crippen MR) is 83.7 cm³/mol. The number of aliphatic carboxylic acids is 1. The van der Waals surface area contributed by atoms with Gasteiger partial charge < -0.3 is 5.11 Å². The fourth-order valence-electron chi connectivity index (χ4n) is 2.03. The summed E-state index contributed by atoms with van der Waals surface area (Å²) in [6, 6.07) is 5.73. The van der Waals surface area contributed by atoms with E-state index in [2.05, 4.69) is 10.1 Å². The molecule has 7 heteroatoms. The van der Waals surface area contributed by atoms with E-state index in [0.717, 1.165) is 32.7 Å². The van der Waals surface area contributed by atoms with Gasteiger partial charge in [0.05, 0.1) is 22.7 Å². The third kappa shape index (κ3) is 2.88. The Morgan fingerprint density at radius 3 is 3.00 bits per heavy atom. The third-order valence-electron chi connectivity index (χ3n) is 2.98. The van der Waals surface area contributed by atoms with E-state index in [4.69, 9.17) is 5.11 Å². The molecule has 0 radical (unpaired) electrons. The van der Waals surface area contributed by atoms with Gasteiger partial charge in [0, 0.05) is 23.0 Å². The molecule has 1 N–H and O–H groups in total. The fraction of sp³-hybridized carbons (Fsp3) is 0.214. The summed E-state index contributed by atoms with van der Waals surface area (Å²) in [5.41, 5.74) is 1.90. The second kappa shape index (κ2) is 5.79. The van der Waals surface area contributed by atoms with Gasteiger partial charge >= 0.3 is 5.97 Å². The molecule has 3 aromatic heterocycles. The molecule has 21 heavy (non-hydrogen) atoms. The van der Waals surface area contributed by atoms with Gasteiger partial charge in [0.1, 0.15) is 5.01 Å². The standard InChI is InChI=1S/C14H13N3O2S2/c1-2-17-11(5-6-15-17)14-16-10(8-20-14)12-4-3-9(21-12)7-13(18)19/h3-6,8H,2,7H2,1H3,(H,18,19). The van der Waals surface area contributed by atoms with Gasteiger partial charge in [-0.3, -0.25) is 9.48 Å². The summed E-state index contributed by atoms with van der Waals surface area (Å²) < 4.78 is 1.91. The monoisotopic (exact) mass is 319 g/mol. The van der Waals surface area contributed by atoms with Crippen LogP contribution in [0.25, 0.3) is 21.3 Å². The van der Waals surface area contributed by atoms with Gasteiger partial charge in [-0.15, -0.1) is 22.7 Å². The van der Waals surface area contributed by atoms with E-state index in [1.54, 1.807) is 17.5 Å². The molecule has 0 unspecified atom stereocenters. The van der Waals surface area contributed by atoms with Crippen molar-refractivity contribution in [3.63, 3.8) is 0 Å². The number of nitrogens with zero attached hydrogens (tertiary/aromatic N) is 3. The summed E-state index contributed by atoms with van der Waals surface area (Å²) in [4.78, 5) is 17.2. The van der Waals surface area contributed by atoms with Crippen molar-refractivity contribution in [3.8, 4) is 21.3 Å². The fourth-order valence-corrected chi connectivity index (χ4v) is 3.91. The summed E-state index contributed by atoms with van der Waals surface area (Å²) in [5.74, 6) is -0.811. The summed E-state index contributed by atoms with van der Waals surface area (Å²) >= 11 is 3.05. The highest BCUT2D eigenvalue weighted by Gasteiger charge is 2.12. The number of carbonyl (C=O) groups is 1. The third-order valence-corrected chi connectivity index (χ3v) is 4.95. The van der Waals surface area contributed by atoms with Crippen LogP contribution in [-0.4, -0.2) is 25.8 Å². The van der Waals surface area contributed by atoms with Crippen molar-refractivity contribution in [1.82, 2.24) is 14.8 Å². The zero-order valence-corrected chi connectivity index (χ0v) is 12.9. The number of thiazole rings is 1. The molecule has 0 amide bonds. The predicted octanol–water partition coefficient (Wildman–Crippen LogP) is 3.38. The maximum Gasteiger partial charge on any atom is 0.308 e. The first kappa shape index (κ1) is 14.0. The van der Waals surface area contributed by atoms with Gasteiger partial charge in [0.15, 0.2) is 0 Å². The molecular weight excluding hydrogens is 306 g/mol. The Morgan fingerprint density at radius 2 is 2.24 bits per heavy atom. The highest BCUT2D eigenvalue weighted by atomic mass is 32.1. The average Bonchev–Trinajstić information content (AvgIpc) is 3.17. The van der Waals surface area contributed by atoms with Crippen molar-refractivity contribution in [2.45, 2.75) is 19.9 Å². The lowest BCUT2D eigenvalue weighted by Crippen LogP contribution is -1.98.